The Morgan fingerprint density at radius 1 is 1.29 bits per heavy atom. The lowest BCUT2D eigenvalue weighted by atomic mass is 9.93. The average molecular weight is 291 g/mol. The van der Waals surface area contributed by atoms with Crippen LogP contribution in [-0.4, -0.2) is 37.5 Å². The van der Waals surface area contributed by atoms with Crippen LogP contribution in [0.15, 0.2) is 24.3 Å². The topological polar surface area (TPSA) is 58.4 Å². The molecule has 0 aliphatic heterocycles. The number of primary amides is 1. The number of amides is 1. The Morgan fingerprint density at radius 3 is 2.48 bits per heavy atom. The molecule has 1 aromatic carbocycles. The predicted octanol–water partition coefficient (Wildman–Crippen LogP) is 2.24. The summed E-state index contributed by atoms with van der Waals surface area (Å²) in [6.07, 6.45) is 2.39. The lowest BCUT2D eigenvalue weighted by Crippen LogP contribution is -2.42. The Bertz CT molecular complexity index is 441. The first kappa shape index (κ1) is 17.7. The van der Waals surface area contributed by atoms with E-state index in [1.54, 1.807) is 6.07 Å². The fourth-order valence-electron chi connectivity index (χ4n) is 2.80. The van der Waals surface area contributed by atoms with Gasteiger partial charge in [0.1, 0.15) is 0 Å². The third-order valence-corrected chi connectivity index (χ3v) is 4.15. The molecule has 1 aromatic rings. The third kappa shape index (κ3) is 5.48. The van der Waals surface area contributed by atoms with Crippen molar-refractivity contribution in [2.24, 2.45) is 11.7 Å². The van der Waals surface area contributed by atoms with Crippen LogP contribution in [0.2, 0.25) is 0 Å². The van der Waals surface area contributed by atoms with Crippen molar-refractivity contribution in [1.29, 1.82) is 0 Å². The molecule has 21 heavy (non-hydrogen) atoms. The van der Waals surface area contributed by atoms with Gasteiger partial charge < -0.3 is 16.0 Å². The lowest BCUT2D eigenvalue weighted by Gasteiger charge is -2.31. The molecule has 1 unspecified atom stereocenters. The monoisotopic (exact) mass is 291 g/mol. The van der Waals surface area contributed by atoms with Gasteiger partial charge in [0.2, 0.25) is 5.91 Å². The number of nitrogens with zero attached hydrogens (tertiary/aromatic N) is 1. The van der Waals surface area contributed by atoms with Crippen molar-refractivity contribution in [1.82, 2.24) is 10.2 Å². The van der Waals surface area contributed by atoms with Gasteiger partial charge in [0.15, 0.2) is 0 Å². The number of nitrogens with two attached hydrogens (primary N) is 1. The number of rotatable bonds is 9. The molecule has 0 saturated heterocycles. The van der Waals surface area contributed by atoms with Crippen LogP contribution in [0.1, 0.15) is 42.6 Å². The van der Waals surface area contributed by atoms with E-state index in [1.165, 1.54) is 12.8 Å². The van der Waals surface area contributed by atoms with E-state index in [4.69, 9.17) is 5.73 Å². The summed E-state index contributed by atoms with van der Waals surface area (Å²) in [6.45, 7) is 6.20. The van der Waals surface area contributed by atoms with Gasteiger partial charge in [-0.05, 0) is 37.7 Å². The van der Waals surface area contributed by atoms with E-state index >= 15 is 0 Å². The van der Waals surface area contributed by atoms with Crippen LogP contribution in [0.3, 0.4) is 0 Å². The number of hydrogen-bond acceptors (Lipinski definition) is 3. The summed E-state index contributed by atoms with van der Waals surface area (Å²) < 4.78 is 0. The van der Waals surface area contributed by atoms with E-state index < -0.39 is 0 Å². The van der Waals surface area contributed by atoms with Crippen LogP contribution >= 0.6 is 0 Å². The van der Waals surface area contributed by atoms with Crippen LogP contribution in [0, 0.1) is 5.92 Å². The summed E-state index contributed by atoms with van der Waals surface area (Å²) in [5.41, 5.74) is 6.97. The molecule has 118 valence electrons. The van der Waals surface area contributed by atoms with Gasteiger partial charge in [0.05, 0.1) is 0 Å². The Kier molecular flexibility index (Phi) is 7.40. The highest BCUT2D eigenvalue weighted by Crippen LogP contribution is 2.16. The molecular formula is C17H29N3O. The van der Waals surface area contributed by atoms with Crippen molar-refractivity contribution in [2.45, 2.75) is 39.3 Å². The molecule has 4 heteroatoms. The van der Waals surface area contributed by atoms with Gasteiger partial charge in [-0.25, -0.2) is 0 Å². The fraction of sp³-hybridized carbons (Fsp3) is 0.588. The van der Waals surface area contributed by atoms with Gasteiger partial charge in [-0.3, -0.25) is 4.79 Å². The zero-order chi connectivity index (χ0) is 15.8. The molecule has 0 saturated carbocycles. The van der Waals surface area contributed by atoms with Crippen molar-refractivity contribution in [3.8, 4) is 0 Å². The highest BCUT2D eigenvalue weighted by molar-refractivity contribution is 5.92. The number of carbonyl (C=O) groups is 1. The summed E-state index contributed by atoms with van der Waals surface area (Å²) in [5, 5.41) is 3.50. The molecule has 1 atom stereocenters. The van der Waals surface area contributed by atoms with Gasteiger partial charge >= 0.3 is 0 Å². The van der Waals surface area contributed by atoms with Crippen molar-refractivity contribution < 1.29 is 4.79 Å². The first-order chi connectivity index (χ1) is 9.99. The Labute approximate surface area is 128 Å². The molecule has 3 N–H and O–H groups in total. The fourth-order valence-corrected chi connectivity index (χ4v) is 2.80. The van der Waals surface area contributed by atoms with Crippen LogP contribution in [-0.2, 0) is 6.54 Å². The molecular weight excluding hydrogens is 262 g/mol. The normalized spacial score (nSPS) is 12.9. The van der Waals surface area contributed by atoms with E-state index in [9.17, 15) is 4.79 Å². The van der Waals surface area contributed by atoms with Crippen LogP contribution in [0.4, 0.5) is 0 Å². The minimum atomic E-state index is -0.375. The summed E-state index contributed by atoms with van der Waals surface area (Å²) in [6, 6.07) is 8.03. The summed E-state index contributed by atoms with van der Waals surface area (Å²) in [7, 11) is 4.27. The molecule has 1 amide bonds. The van der Waals surface area contributed by atoms with E-state index in [1.807, 2.05) is 18.2 Å². The van der Waals surface area contributed by atoms with Crippen molar-refractivity contribution >= 4 is 5.91 Å². The second-order valence-electron chi connectivity index (χ2n) is 5.80. The molecule has 0 aliphatic rings. The Hall–Kier alpha value is -1.39. The highest BCUT2D eigenvalue weighted by Gasteiger charge is 2.19. The highest BCUT2D eigenvalue weighted by atomic mass is 16.1. The molecule has 0 aliphatic carbocycles. The van der Waals surface area contributed by atoms with Gasteiger partial charge in [-0.15, -0.1) is 0 Å². The first-order valence-corrected chi connectivity index (χ1v) is 7.75. The average Bonchev–Trinajstić information content (AvgIpc) is 2.46. The van der Waals surface area contributed by atoms with Crippen LogP contribution in [0.5, 0.6) is 0 Å². The molecule has 0 radical (unpaired) electrons. The minimum absolute atomic E-state index is 0.375. The van der Waals surface area contributed by atoms with Crippen LogP contribution < -0.4 is 11.1 Å². The van der Waals surface area contributed by atoms with E-state index in [-0.39, 0.29) is 5.91 Å². The second kappa shape index (κ2) is 8.80. The number of benzene rings is 1. The molecule has 0 aromatic heterocycles. The van der Waals surface area contributed by atoms with E-state index in [2.05, 4.69) is 38.2 Å². The Morgan fingerprint density at radius 2 is 1.95 bits per heavy atom. The minimum Gasteiger partial charge on any atom is -0.366 e. The smallest absolute Gasteiger partial charge is 0.248 e. The van der Waals surface area contributed by atoms with Gasteiger partial charge in [-0.1, -0.05) is 38.8 Å². The summed E-state index contributed by atoms with van der Waals surface area (Å²) in [5.74, 6) is 0.324. The predicted molar refractivity (Wildman–Crippen MR) is 88.2 cm³/mol. The number of hydrogen-bond donors (Lipinski definition) is 2. The van der Waals surface area contributed by atoms with E-state index in [0.29, 0.717) is 17.5 Å². The van der Waals surface area contributed by atoms with Gasteiger partial charge in [0, 0.05) is 24.7 Å². The molecule has 4 nitrogen and oxygen atoms in total. The van der Waals surface area contributed by atoms with Crippen LogP contribution in [0.25, 0.3) is 0 Å². The molecule has 0 heterocycles. The van der Waals surface area contributed by atoms with Gasteiger partial charge in [0.25, 0.3) is 0 Å². The van der Waals surface area contributed by atoms with E-state index in [0.717, 1.165) is 18.7 Å². The van der Waals surface area contributed by atoms with Gasteiger partial charge in [-0.2, -0.15) is 0 Å². The van der Waals surface area contributed by atoms with Crippen molar-refractivity contribution in [3.63, 3.8) is 0 Å². The van der Waals surface area contributed by atoms with Crippen molar-refractivity contribution in [3.05, 3.63) is 35.4 Å². The quantitative estimate of drug-likeness (QED) is 0.733. The standard InChI is InChI=1S/C17H29N3O/c1-5-14(6-2)16(20(3)4)12-19-11-13-8-7-9-15(10-13)17(18)21/h7-10,14,16,19H,5-6,11-12H2,1-4H3,(H2,18,21). The number of carbonyl (C=O) groups excluding carboxylic acids is 1. The maximum absolute atomic E-state index is 11.2. The molecule has 0 spiro atoms. The SMILES string of the molecule is CCC(CC)C(CNCc1cccc(C(N)=O)c1)N(C)C. The summed E-state index contributed by atoms with van der Waals surface area (Å²) >= 11 is 0. The molecule has 0 fully saturated rings. The maximum atomic E-state index is 11.2. The second-order valence-corrected chi connectivity index (χ2v) is 5.80. The third-order valence-electron chi connectivity index (χ3n) is 4.15. The van der Waals surface area contributed by atoms with Crippen molar-refractivity contribution in [2.75, 3.05) is 20.6 Å². The molecule has 1 rings (SSSR count). The largest absolute Gasteiger partial charge is 0.366 e. The number of nitrogens with one attached hydrogen (secondary N) is 1. The summed E-state index contributed by atoms with van der Waals surface area (Å²) in [4.78, 5) is 13.5. The zero-order valence-electron chi connectivity index (χ0n) is 13.7. The first-order valence-electron chi connectivity index (χ1n) is 7.75. The molecule has 0 bridgehead atoms. The zero-order valence-corrected chi connectivity index (χ0v) is 13.7. The lowest BCUT2D eigenvalue weighted by molar-refractivity contribution is 0.1000. The Balaban J connectivity index is 2.58. The maximum Gasteiger partial charge on any atom is 0.248 e. The number of likely N-dealkylation sites (N-methyl/N-ethyl adjacent to an activating group) is 1.